The second-order valence-corrected chi connectivity index (χ2v) is 5.54. The molecule has 0 aromatic heterocycles. The van der Waals surface area contributed by atoms with Gasteiger partial charge in [0.2, 0.25) is 0 Å². The van der Waals surface area contributed by atoms with Gasteiger partial charge in [-0.1, -0.05) is 58.9 Å². The summed E-state index contributed by atoms with van der Waals surface area (Å²) in [5.74, 6) is 0. The molecule has 0 fully saturated rings. The first-order valence-corrected chi connectivity index (χ1v) is 9.35. The van der Waals surface area contributed by atoms with Gasteiger partial charge in [-0.2, -0.15) is 0 Å². The lowest BCUT2D eigenvalue weighted by Gasteiger charge is -2.25. The molecule has 0 saturated carbocycles. The van der Waals surface area contributed by atoms with Crippen LogP contribution in [0.4, 0.5) is 11.4 Å². The smallest absolute Gasteiger partial charge is 0.253 e. The van der Waals surface area contributed by atoms with Gasteiger partial charge in [-0.05, 0) is 37.3 Å². The van der Waals surface area contributed by atoms with Crippen LogP contribution < -0.4 is 21.5 Å². The van der Waals surface area contributed by atoms with Gasteiger partial charge in [0.15, 0.2) is 0 Å². The molecule has 1 aliphatic rings. The highest BCUT2D eigenvalue weighted by molar-refractivity contribution is 5.73. The summed E-state index contributed by atoms with van der Waals surface area (Å²) in [7, 11) is 0. The minimum absolute atomic E-state index is 0.109. The van der Waals surface area contributed by atoms with Gasteiger partial charge in [-0.15, -0.1) is 0 Å². The van der Waals surface area contributed by atoms with E-state index in [9.17, 15) is 9.59 Å². The van der Waals surface area contributed by atoms with Crippen LogP contribution in [0.5, 0.6) is 0 Å². The van der Waals surface area contributed by atoms with Crippen LogP contribution in [-0.2, 0) is 0 Å². The topological polar surface area (TPSA) is 63.4 Å². The van der Waals surface area contributed by atoms with E-state index in [1.54, 1.807) is 0 Å². The number of hydrogen-bond donors (Lipinski definition) is 1. The molecule has 0 unspecified atom stereocenters. The third kappa shape index (κ3) is 5.45. The van der Waals surface area contributed by atoms with Crippen molar-refractivity contribution in [3.05, 3.63) is 55.9 Å². The van der Waals surface area contributed by atoms with E-state index in [1.807, 2.05) is 38.7 Å². The van der Waals surface area contributed by atoms with Gasteiger partial charge in [0.05, 0.1) is 0 Å². The fraction of sp³-hybridized carbons (Fsp3) is 0.524. The monoisotopic (exact) mass is 346 g/mol. The van der Waals surface area contributed by atoms with Crippen LogP contribution in [0.15, 0.2) is 45.0 Å². The summed E-state index contributed by atoms with van der Waals surface area (Å²) in [6.07, 6.45) is 6.89. The maximum atomic E-state index is 11.7. The fourth-order valence-corrected chi connectivity index (χ4v) is 2.68. The van der Waals surface area contributed by atoms with Crippen molar-refractivity contribution in [3.63, 3.8) is 0 Å². The minimum Gasteiger partial charge on any atom is -0.394 e. The summed E-state index contributed by atoms with van der Waals surface area (Å²) in [4.78, 5) is 25.0. The van der Waals surface area contributed by atoms with Crippen LogP contribution in [0.25, 0.3) is 0 Å². The predicted molar refractivity (Wildman–Crippen MR) is 111 cm³/mol. The van der Waals surface area contributed by atoms with Crippen LogP contribution in [0.3, 0.4) is 0 Å². The molecule has 1 heterocycles. The SMILES string of the molecule is C=CC1=C(/C=C(\C)CC)CN(c2c(N)c(=O)c2=O)CCC1.CC.CC. The Morgan fingerprint density at radius 1 is 1.16 bits per heavy atom. The highest BCUT2D eigenvalue weighted by Crippen LogP contribution is 2.26. The van der Waals surface area contributed by atoms with E-state index < -0.39 is 10.9 Å². The first-order chi connectivity index (χ1) is 12.0. The first kappa shape index (κ1) is 22.9. The van der Waals surface area contributed by atoms with Crippen LogP contribution in [0.1, 0.15) is 60.8 Å². The molecule has 2 N–H and O–H groups in total. The third-order valence-corrected chi connectivity index (χ3v) is 4.11. The predicted octanol–water partition coefficient (Wildman–Crippen LogP) is 4.36. The summed E-state index contributed by atoms with van der Waals surface area (Å²) in [6.45, 7) is 17.4. The molecular weight excluding hydrogens is 312 g/mol. The molecule has 1 aromatic carbocycles. The van der Waals surface area contributed by atoms with E-state index in [-0.39, 0.29) is 5.69 Å². The molecule has 0 bridgehead atoms. The lowest BCUT2D eigenvalue weighted by molar-refractivity contribution is 0.784. The van der Waals surface area contributed by atoms with Gasteiger partial charge in [-0.3, -0.25) is 9.59 Å². The number of nitrogens with zero attached hydrogens (tertiary/aromatic N) is 1. The number of nitrogen functional groups attached to an aromatic ring is 1. The first-order valence-electron chi connectivity index (χ1n) is 9.35. The average Bonchev–Trinajstić information content (AvgIpc) is 2.86. The summed E-state index contributed by atoms with van der Waals surface area (Å²) >= 11 is 0. The second kappa shape index (κ2) is 11.5. The van der Waals surface area contributed by atoms with Crippen LogP contribution >= 0.6 is 0 Å². The second-order valence-electron chi connectivity index (χ2n) is 5.54. The Balaban J connectivity index is 0.00000134. The molecule has 0 atom stereocenters. The summed E-state index contributed by atoms with van der Waals surface area (Å²) in [6, 6.07) is 0. The molecule has 1 aromatic rings. The molecule has 0 radical (unpaired) electrons. The summed E-state index contributed by atoms with van der Waals surface area (Å²) in [5.41, 5.74) is 8.85. The van der Waals surface area contributed by atoms with Crippen molar-refractivity contribution in [2.75, 3.05) is 23.7 Å². The molecule has 0 amide bonds. The molecule has 2 rings (SSSR count). The average molecular weight is 347 g/mol. The molecular formula is C21H34N2O2. The Bertz CT molecular complexity index is 689. The Labute approximate surface area is 152 Å². The number of nitrogens with two attached hydrogens (primary N) is 1. The van der Waals surface area contributed by atoms with Crippen molar-refractivity contribution >= 4 is 11.4 Å². The molecule has 0 aliphatic carbocycles. The van der Waals surface area contributed by atoms with Crippen LogP contribution in [0.2, 0.25) is 0 Å². The Morgan fingerprint density at radius 3 is 2.24 bits per heavy atom. The van der Waals surface area contributed by atoms with Crippen LogP contribution in [0, 0.1) is 0 Å². The summed E-state index contributed by atoms with van der Waals surface area (Å²) in [5, 5.41) is 0. The third-order valence-electron chi connectivity index (χ3n) is 4.11. The standard InChI is InChI=1S/C17H22N2O2.2C2H6/c1-4-11(3)9-13-10-19(8-6-7-12(13)5-2)15-14(18)16(20)17(15)21;2*1-2/h5,9H,2,4,6-8,10,18H2,1,3H3;2*1-2H3/b11-9+;;. The highest BCUT2D eigenvalue weighted by atomic mass is 16.2. The van der Waals surface area contributed by atoms with Crippen molar-refractivity contribution in [2.45, 2.75) is 60.8 Å². The van der Waals surface area contributed by atoms with Crippen molar-refractivity contribution in [3.8, 4) is 0 Å². The quantitative estimate of drug-likeness (QED) is 0.823. The van der Waals surface area contributed by atoms with Gasteiger partial charge in [0.1, 0.15) is 11.4 Å². The largest absolute Gasteiger partial charge is 0.394 e. The van der Waals surface area contributed by atoms with E-state index in [0.29, 0.717) is 12.2 Å². The number of rotatable bonds is 4. The van der Waals surface area contributed by atoms with E-state index in [0.717, 1.165) is 31.4 Å². The van der Waals surface area contributed by atoms with Crippen molar-refractivity contribution in [2.24, 2.45) is 0 Å². The summed E-state index contributed by atoms with van der Waals surface area (Å²) < 4.78 is 0. The Morgan fingerprint density at radius 2 is 1.76 bits per heavy atom. The number of allylic oxidation sites excluding steroid dienone is 3. The molecule has 0 spiro atoms. The molecule has 1 aliphatic heterocycles. The maximum Gasteiger partial charge on any atom is 0.253 e. The molecule has 0 saturated heterocycles. The zero-order valence-electron chi connectivity index (χ0n) is 16.7. The van der Waals surface area contributed by atoms with Crippen molar-refractivity contribution in [1.29, 1.82) is 0 Å². The van der Waals surface area contributed by atoms with E-state index in [2.05, 4.69) is 26.5 Å². The lowest BCUT2D eigenvalue weighted by Crippen LogP contribution is -2.43. The molecule has 140 valence electrons. The fourth-order valence-electron chi connectivity index (χ4n) is 2.68. The Kier molecular flexibility index (Phi) is 10.5. The van der Waals surface area contributed by atoms with E-state index in [4.69, 9.17) is 5.73 Å². The van der Waals surface area contributed by atoms with Crippen LogP contribution in [-0.4, -0.2) is 13.1 Å². The van der Waals surface area contributed by atoms with E-state index >= 15 is 0 Å². The van der Waals surface area contributed by atoms with Gasteiger partial charge < -0.3 is 10.6 Å². The molecule has 25 heavy (non-hydrogen) atoms. The molecule has 4 nitrogen and oxygen atoms in total. The van der Waals surface area contributed by atoms with Gasteiger partial charge in [0, 0.05) is 13.1 Å². The number of hydrogen-bond acceptors (Lipinski definition) is 4. The van der Waals surface area contributed by atoms with Crippen molar-refractivity contribution < 1.29 is 0 Å². The lowest BCUT2D eigenvalue weighted by atomic mass is 10.0. The zero-order valence-corrected chi connectivity index (χ0v) is 16.7. The zero-order chi connectivity index (χ0) is 19.6. The van der Waals surface area contributed by atoms with Crippen molar-refractivity contribution in [1.82, 2.24) is 0 Å². The normalized spacial score (nSPS) is 15.0. The molecule has 4 heteroatoms. The highest BCUT2D eigenvalue weighted by Gasteiger charge is 2.25. The van der Waals surface area contributed by atoms with Gasteiger partial charge >= 0.3 is 0 Å². The van der Waals surface area contributed by atoms with Gasteiger partial charge in [-0.25, -0.2) is 0 Å². The van der Waals surface area contributed by atoms with Gasteiger partial charge in [0.25, 0.3) is 10.9 Å². The number of anilines is 2. The minimum atomic E-state index is -0.552. The Hall–Kier alpha value is -2.10. The van der Waals surface area contributed by atoms with E-state index in [1.165, 1.54) is 11.1 Å². The maximum absolute atomic E-state index is 11.7.